The lowest BCUT2D eigenvalue weighted by molar-refractivity contribution is -0.0200. The fourth-order valence-electron chi connectivity index (χ4n) is 3.61. The number of benzene rings is 2. The molecule has 2 aromatic carbocycles. The van der Waals surface area contributed by atoms with E-state index in [1.807, 2.05) is 41.4 Å². The van der Waals surface area contributed by atoms with Gasteiger partial charge in [-0.05, 0) is 24.5 Å². The molecule has 0 aliphatic carbocycles. The average molecular weight is 307 g/mol. The normalized spacial score (nSPS) is 21.7. The van der Waals surface area contributed by atoms with Gasteiger partial charge in [0.15, 0.2) is 0 Å². The predicted octanol–water partition coefficient (Wildman–Crippen LogP) is 4.02. The van der Waals surface area contributed by atoms with Gasteiger partial charge in [-0.15, -0.1) is 0 Å². The first-order valence-corrected chi connectivity index (χ1v) is 8.33. The molecule has 1 saturated heterocycles. The molecule has 2 aromatic rings. The van der Waals surface area contributed by atoms with E-state index in [2.05, 4.69) is 28.5 Å². The highest BCUT2D eigenvalue weighted by Gasteiger charge is 2.37. The van der Waals surface area contributed by atoms with Gasteiger partial charge >= 0.3 is 6.03 Å². The minimum Gasteiger partial charge on any atom is -0.306 e. The van der Waals surface area contributed by atoms with Crippen molar-refractivity contribution in [3.63, 3.8) is 0 Å². The topological polar surface area (TPSA) is 35.6 Å². The third kappa shape index (κ3) is 2.59. The maximum absolute atomic E-state index is 12.8. The molecule has 2 amide bonds. The summed E-state index contributed by atoms with van der Waals surface area (Å²) in [6.07, 6.45) is 3.54. The lowest BCUT2D eigenvalue weighted by atomic mass is 9.95. The summed E-state index contributed by atoms with van der Waals surface area (Å²) >= 11 is 0. The lowest BCUT2D eigenvalue weighted by Crippen LogP contribution is -2.54. The maximum Gasteiger partial charge on any atom is 0.337 e. The average Bonchev–Trinajstić information content (AvgIpc) is 2.62. The summed E-state index contributed by atoms with van der Waals surface area (Å²) in [7, 11) is 0. The van der Waals surface area contributed by atoms with Gasteiger partial charge in [0.1, 0.15) is 6.04 Å². The van der Waals surface area contributed by atoms with E-state index >= 15 is 0 Å². The second-order valence-corrected chi connectivity index (χ2v) is 6.19. The Morgan fingerprint density at radius 2 is 1.57 bits per heavy atom. The second-order valence-electron chi connectivity index (χ2n) is 6.19. The maximum atomic E-state index is 12.8. The Labute approximate surface area is 136 Å². The Morgan fingerprint density at radius 3 is 2.35 bits per heavy atom. The van der Waals surface area contributed by atoms with Gasteiger partial charge in [0.05, 0.1) is 0 Å². The van der Waals surface area contributed by atoms with Gasteiger partial charge in [-0.2, -0.15) is 0 Å². The van der Waals surface area contributed by atoms with E-state index < -0.39 is 0 Å². The van der Waals surface area contributed by atoms with Gasteiger partial charge in [0, 0.05) is 24.3 Å². The number of fused-ring (bicyclic) bond motifs is 1. The van der Waals surface area contributed by atoms with Gasteiger partial charge in [-0.25, -0.2) is 14.8 Å². The summed E-state index contributed by atoms with van der Waals surface area (Å²) in [5.41, 5.74) is 3.23. The molecular weight excluding hydrogens is 286 g/mol. The summed E-state index contributed by atoms with van der Waals surface area (Å²) in [6, 6.07) is 18.3. The first-order valence-electron chi connectivity index (χ1n) is 8.33. The van der Waals surface area contributed by atoms with Crippen LogP contribution < -0.4 is 5.32 Å². The van der Waals surface area contributed by atoms with Crippen LogP contribution in [0.2, 0.25) is 0 Å². The van der Waals surface area contributed by atoms with E-state index in [1.54, 1.807) is 0 Å². The number of hydrogen-bond acceptors (Lipinski definition) is 2. The number of para-hydroxylation sites is 1. The summed E-state index contributed by atoms with van der Waals surface area (Å²) in [6.45, 7) is 1.89. The number of amides is 2. The van der Waals surface area contributed by atoms with Crippen LogP contribution in [0.5, 0.6) is 0 Å². The molecule has 0 saturated carbocycles. The monoisotopic (exact) mass is 307 g/mol. The zero-order valence-electron chi connectivity index (χ0n) is 13.1. The van der Waals surface area contributed by atoms with Gasteiger partial charge in [0.25, 0.3) is 0 Å². The highest BCUT2D eigenvalue weighted by atomic mass is 16.2. The van der Waals surface area contributed by atoms with Crippen LogP contribution in [0.3, 0.4) is 0 Å². The molecule has 2 aliphatic heterocycles. The molecule has 118 valence electrons. The number of carbonyl (C=O) groups is 1. The number of hydrazine groups is 1. The standard InChI is InChI=1S/C19H21N3O/c23-19-20-17-12-6-5-11-16(17)18(15-9-3-1-4-10-15)22(19)21-13-7-2-8-14-21/h1,3-6,9-12,18H,2,7-8,13-14H2,(H,20,23). The van der Waals surface area contributed by atoms with Crippen LogP contribution in [-0.4, -0.2) is 29.1 Å². The van der Waals surface area contributed by atoms with Crippen LogP contribution in [0.15, 0.2) is 54.6 Å². The molecule has 4 nitrogen and oxygen atoms in total. The molecule has 4 heteroatoms. The number of nitrogens with one attached hydrogen (secondary N) is 1. The lowest BCUT2D eigenvalue weighted by Gasteiger charge is -2.45. The fourth-order valence-corrected chi connectivity index (χ4v) is 3.61. The van der Waals surface area contributed by atoms with E-state index in [0.717, 1.165) is 42.7 Å². The molecule has 23 heavy (non-hydrogen) atoms. The van der Waals surface area contributed by atoms with Crippen LogP contribution in [0.4, 0.5) is 10.5 Å². The zero-order chi connectivity index (χ0) is 15.6. The summed E-state index contributed by atoms with van der Waals surface area (Å²) < 4.78 is 0. The van der Waals surface area contributed by atoms with Crippen LogP contribution in [0, 0.1) is 0 Å². The summed E-state index contributed by atoms with van der Waals surface area (Å²) in [5.74, 6) is 0. The quantitative estimate of drug-likeness (QED) is 0.909. The van der Waals surface area contributed by atoms with Crippen molar-refractivity contribution in [2.24, 2.45) is 0 Å². The van der Waals surface area contributed by atoms with Crippen LogP contribution in [0.1, 0.15) is 36.4 Å². The van der Waals surface area contributed by atoms with E-state index in [1.165, 1.54) is 6.42 Å². The molecule has 0 spiro atoms. The molecule has 2 heterocycles. The molecule has 1 unspecified atom stereocenters. The van der Waals surface area contributed by atoms with Crippen molar-refractivity contribution in [1.82, 2.24) is 10.0 Å². The van der Waals surface area contributed by atoms with Crippen LogP contribution in [-0.2, 0) is 0 Å². The largest absolute Gasteiger partial charge is 0.337 e. The SMILES string of the molecule is O=C1Nc2ccccc2C(c2ccccc2)N1N1CCCCC1. The van der Waals surface area contributed by atoms with Crippen molar-refractivity contribution in [2.45, 2.75) is 25.3 Å². The Balaban J connectivity index is 1.81. The van der Waals surface area contributed by atoms with Crippen molar-refractivity contribution >= 4 is 11.7 Å². The number of hydrogen-bond donors (Lipinski definition) is 1. The first-order chi connectivity index (χ1) is 11.3. The highest BCUT2D eigenvalue weighted by Crippen LogP contribution is 2.38. The van der Waals surface area contributed by atoms with Crippen molar-refractivity contribution in [2.75, 3.05) is 18.4 Å². The van der Waals surface area contributed by atoms with Crippen molar-refractivity contribution in [3.05, 3.63) is 65.7 Å². The molecular formula is C19H21N3O. The summed E-state index contributed by atoms with van der Waals surface area (Å²) in [5, 5.41) is 7.19. The van der Waals surface area contributed by atoms with Gasteiger partial charge < -0.3 is 5.32 Å². The number of rotatable bonds is 2. The van der Waals surface area contributed by atoms with Crippen molar-refractivity contribution in [1.29, 1.82) is 0 Å². The third-order valence-electron chi connectivity index (χ3n) is 4.70. The Kier molecular flexibility index (Phi) is 3.75. The number of nitrogens with zero attached hydrogens (tertiary/aromatic N) is 2. The molecule has 2 aliphatic rings. The van der Waals surface area contributed by atoms with Gasteiger partial charge in [-0.3, -0.25) is 0 Å². The van der Waals surface area contributed by atoms with Gasteiger partial charge in [0.2, 0.25) is 0 Å². The minimum atomic E-state index is -0.0563. The van der Waals surface area contributed by atoms with E-state index in [0.29, 0.717) is 0 Å². The van der Waals surface area contributed by atoms with E-state index in [4.69, 9.17) is 0 Å². The van der Waals surface area contributed by atoms with Crippen LogP contribution in [0.25, 0.3) is 0 Å². The van der Waals surface area contributed by atoms with E-state index in [-0.39, 0.29) is 12.1 Å². The zero-order valence-corrected chi connectivity index (χ0v) is 13.1. The minimum absolute atomic E-state index is 0.0283. The molecule has 4 rings (SSSR count). The number of anilines is 1. The number of urea groups is 1. The second kappa shape index (κ2) is 6.05. The molecule has 0 aromatic heterocycles. The fraction of sp³-hybridized carbons (Fsp3) is 0.316. The summed E-state index contributed by atoms with van der Waals surface area (Å²) in [4.78, 5) is 12.8. The highest BCUT2D eigenvalue weighted by molar-refractivity contribution is 5.93. The molecule has 1 N–H and O–H groups in total. The molecule has 0 radical (unpaired) electrons. The van der Waals surface area contributed by atoms with Crippen molar-refractivity contribution in [3.8, 4) is 0 Å². The number of carbonyl (C=O) groups excluding carboxylic acids is 1. The Morgan fingerprint density at radius 1 is 0.870 bits per heavy atom. The molecule has 0 bridgehead atoms. The van der Waals surface area contributed by atoms with E-state index in [9.17, 15) is 4.79 Å². The van der Waals surface area contributed by atoms with Crippen LogP contribution >= 0.6 is 0 Å². The third-order valence-corrected chi connectivity index (χ3v) is 4.70. The number of piperidine rings is 1. The van der Waals surface area contributed by atoms with Gasteiger partial charge in [-0.1, -0.05) is 55.0 Å². The molecule has 1 fully saturated rings. The smallest absolute Gasteiger partial charge is 0.306 e. The van der Waals surface area contributed by atoms with Crippen molar-refractivity contribution < 1.29 is 4.79 Å². The first kappa shape index (κ1) is 14.3. The Hall–Kier alpha value is -2.33. The molecule has 1 atom stereocenters. The predicted molar refractivity (Wildman–Crippen MR) is 91.0 cm³/mol. The Bertz CT molecular complexity index is 695.